The first-order valence-corrected chi connectivity index (χ1v) is 8.59. The van der Waals surface area contributed by atoms with Crippen LogP contribution < -0.4 is 10.9 Å². The van der Waals surface area contributed by atoms with E-state index in [0.29, 0.717) is 10.7 Å². The van der Waals surface area contributed by atoms with Crippen LogP contribution in [0, 0.1) is 13.8 Å². The molecule has 0 radical (unpaired) electrons. The number of anilines is 1. The van der Waals surface area contributed by atoms with Crippen LogP contribution in [0.4, 0.5) is 5.13 Å². The fraction of sp³-hybridized carbons (Fsp3) is 0.188. The Balaban J connectivity index is 1.84. The molecule has 0 saturated carbocycles. The van der Waals surface area contributed by atoms with Crippen LogP contribution in [0.2, 0.25) is 0 Å². The van der Waals surface area contributed by atoms with Gasteiger partial charge in [-0.3, -0.25) is 14.9 Å². The second kappa shape index (κ2) is 6.10. The van der Waals surface area contributed by atoms with Crippen LogP contribution >= 0.6 is 22.7 Å². The average Bonchev–Trinajstić information content (AvgIpc) is 3.07. The van der Waals surface area contributed by atoms with Gasteiger partial charge in [-0.1, -0.05) is 0 Å². The predicted octanol–water partition coefficient (Wildman–Crippen LogP) is 3.44. The summed E-state index contributed by atoms with van der Waals surface area (Å²) >= 11 is 3.12. The number of thiazole rings is 1. The second-order valence-corrected chi connectivity index (χ2v) is 7.65. The van der Waals surface area contributed by atoms with E-state index in [2.05, 4.69) is 23.3 Å². The van der Waals surface area contributed by atoms with Gasteiger partial charge in [0.1, 0.15) is 0 Å². The van der Waals surface area contributed by atoms with Crippen LogP contribution in [-0.2, 0) is 7.05 Å². The van der Waals surface area contributed by atoms with Gasteiger partial charge in [-0.05, 0) is 32.0 Å². The van der Waals surface area contributed by atoms with Crippen molar-refractivity contribution in [2.75, 3.05) is 5.32 Å². The molecule has 1 N–H and O–H groups in total. The van der Waals surface area contributed by atoms with Crippen LogP contribution in [0.3, 0.4) is 0 Å². The van der Waals surface area contributed by atoms with Gasteiger partial charge in [-0.25, -0.2) is 4.98 Å². The van der Waals surface area contributed by atoms with E-state index < -0.39 is 0 Å². The number of nitrogens with one attached hydrogen (secondary N) is 1. The number of aryl methyl sites for hydroxylation is 3. The molecule has 1 amide bonds. The monoisotopic (exact) mass is 345 g/mol. The maximum atomic E-state index is 12.3. The van der Waals surface area contributed by atoms with E-state index in [0.717, 1.165) is 15.4 Å². The van der Waals surface area contributed by atoms with E-state index in [9.17, 15) is 9.59 Å². The zero-order chi connectivity index (χ0) is 16.6. The Labute approximate surface area is 141 Å². The van der Waals surface area contributed by atoms with E-state index in [1.54, 1.807) is 18.4 Å². The molecule has 3 heterocycles. The van der Waals surface area contributed by atoms with Crippen molar-refractivity contribution in [3.63, 3.8) is 0 Å². The fourth-order valence-electron chi connectivity index (χ4n) is 2.14. The van der Waals surface area contributed by atoms with Gasteiger partial charge in [0.25, 0.3) is 5.91 Å². The Hall–Kier alpha value is -2.25. The number of amides is 1. The van der Waals surface area contributed by atoms with E-state index in [1.807, 2.05) is 13.0 Å². The predicted molar refractivity (Wildman–Crippen MR) is 94.5 cm³/mol. The lowest BCUT2D eigenvalue weighted by Crippen LogP contribution is -2.19. The largest absolute Gasteiger partial charge is 0.318 e. The highest BCUT2D eigenvalue weighted by atomic mass is 32.1. The highest BCUT2D eigenvalue weighted by Crippen LogP contribution is 2.34. The van der Waals surface area contributed by atoms with Crippen molar-refractivity contribution in [2.24, 2.45) is 7.05 Å². The second-order valence-electron chi connectivity index (χ2n) is 5.16. The van der Waals surface area contributed by atoms with Gasteiger partial charge in [0.05, 0.1) is 16.1 Å². The summed E-state index contributed by atoms with van der Waals surface area (Å²) in [6, 6.07) is 6.99. The van der Waals surface area contributed by atoms with Crippen molar-refractivity contribution >= 4 is 33.7 Å². The van der Waals surface area contributed by atoms with Crippen molar-refractivity contribution in [3.8, 4) is 10.6 Å². The molecule has 0 saturated heterocycles. The third-order valence-corrected chi connectivity index (χ3v) is 5.23. The summed E-state index contributed by atoms with van der Waals surface area (Å²) in [5.74, 6) is -0.275. The summed E-state index contributed by atoms with van der Waals surface area (Å²) in [5.41, 5.74) is 1.18. The van der Waals surface area contributed by atoms with Crippen LogP contribution in [0.1, 0.15) is 20.1 Å². The lowest BCUT2D eigenvalue weighted by atomic mass is 10.2. The van der Waals surface area contributed by atoms with E-state index in [4.69, 9.17) is 0 Å². The molecular formula is C16H15N3O2S2. The summed E-state index contributed by atoms with van der Waals surface area (Å²) < 4.78 is 1.38. The smallest absolute Gasteiger partial charge is 0.258 e. The van der Waals surface area contributed by atoms with Crippen molar-refractivity contribution in [1.29, 1.82) is 0 Å². The van der Waals surface area contributed by atoms with Crippen LogP contribution in [0.25, 0.3) is 10.6 Å². The zero-order valence-electron chi connectivity index (χ0n) is 12.9. The van der Waals surface area contributed by atoms with Crippen molar-refractivity contribution in [1.82, 2.24) is 9.55 Å². The van der Waals surface area contributed by atoms with Gasteiger partial charge in [-0.15, -0.1) is 22.7 Å². The molecule has 5 nitrogen and oxygen atoms in total. The van der Waals surface area contributed by atoms with Crippen LogP contribution in [-0.4, -0.2) is 15.5 Å². The molecule has 0 bridgehead atoms. The topological polar surface area (TPSA) is 64.0 Å². The van der Waals surface area contributed by atoms with E-state index in [1.165, 1.54) is 39.1 Å². The number of aromatic nitrogens is 2. The van der Waals surface area contributed by atoms with Gasteiger partial charge in [0.15, 0.2) is 5.13 Å². The molecule has 118 valence electrons. The molecule has 0 aromatic carbocycles. The molecule has 0 aliphatic carbocycles. The molecule has 3 rings (SSSR count). The maximum absolute atomic E-state index is 12.3. The van der Waals surface area contributed by atoms with Gasteiger partial charge in [0.2, 0.25) is 5.56 Å². The Bertz CT molecular complexity index is 937. The minimum absolute atomic E-state index is 0.151. The van der Waals surface area contributed by atoms with E-state index >= 15 is 0 Å². The number of hydrogen-bond acceptors (Lipinski definition) is 5. The lowest BCUT2D eigenvalue weighted by molar-refractivity contribution is 0.102. The first-order valence-electron chi connectivity index (χ1n) is 6.96. The first-order chi connectivity index (χ1) is 10.9. The Morgan fingerprint density at radius 2 is 1.96 bits per heavy atom. The SMILES string of the molecule is Cc1ccc(-c2nc(NC(=O)c3ccc(=O)n(C)c3)sc2C)s1. The molecule has 0 atom stereocenters. The maximum Gasteiger partial charge on any atom is 0.258 e. The first kappa shape index (κ1) is 15.6. The van der Waals surface area contributed by atoms with Crippen molar-refractivity contribution in [2.45, 2.75) is 13.8 Å². The Morgan fingerprint density at radius 1 is 1.17 bits per heavy atom. The molecule has 0 spiro atoms. The number of carbonyl (C=O) groups excluding carboxylic acids is 1. The summed E-state index contributed by atoms with van der Waals surface area (Å²) in [7, 11) is 1.61. The molecule has 0 unspecified atom stereocenters. The lowest BCUT2D eigenvalue weighted by Gasteiger charge is -2.03. The minimum atomic E-state index is -0.275. The molecule has 23 heavy (non-hydrogen) atoms. The third kappa shape index (κ3) is 3.25. The molecule has 7 heteroatoms. The molecule has 0 aliphatic heterocycles. The quantitative estimate of drug-likeness (QED) is 0.791. The number of hydrogen-bond donors (Lipinski definition) is 1. The third-order valence-electron chi connectivity index (χ3n) is 3.34. The number of pyridine rings is 1. The Morgan fingerprint density at radius 3 is 2.61 bits per heavy atom. The fourth-order valence-corrected chi connectivity index (χ4v) is 3.94. The zero-order valence-corrected chi connectivity index (χ0v) is 14.5. The number of carbonyl (C=O) groups is 1. The van der Waals surface area contributed by atoms with Gasteiger partial charge in [-0.2, -0.15) is 0 Å². The molecular weight excluding hydrogens is 330 g/mol. The summed E-state index contributed by atoms with van der Waals surface area (Å²) in [6.07, 6.45) is 1.52. The highest BCUT2D eigenvalue weighted by Gasteiger charge is 2.14. The minimum Gasteiger partial charge on any atom is -0.318 e. The molecule has 3 aromatic rings. The van der Waals surface area contributed by atoms with E-state index in [-0.39, 0.29) is 11.5 Å². The summed E-state index contributed by atoms with van der Waals surface area (Å²) in [6.45, 7) is 4.04. The number of rotatable bonds is 3. The summed E-state index contributed by atoms with van der Waals surface area (Å²) in [5, 5.41) is 3.36. The van der Waals surface area contributed by atoms with Gasteiger partial charge >= 0.3 is 0 Å². The van der Waals surface area contributed by atoms with Gasteiger partial charge < -0.3 is 4.57 Å². The Kier molecular flexibility index (Phi) is 4.14. The molecule has 0 aliphatic rings. The molecule has 3 aromatic heterocycles. The van der Waals surface area contributed by atoms with Gasteiger partial charge in [0, 0.05) is 29.1 Å². The normalized spacial score (nSPS) is 10.7. The van der Waals surface area contributed by atoms with Crippen molar-refractivity contribution < 1.29 is 4.79 Å². The molecule has 0 fully saturated rings. The average molecular weight is 345 g/mol. The van der Waals surface area contributed by atoms with Crippen LogP contribution in [0.5, 0.6) is 0 Å². The van der Waals surface area contributed by atoms with Crippen LogP contribution in [0.15, 0.2) is 35.3 Å². The van der Waals surface area contributed by atoms with Crippen molar-refractivity contribution in [3.05, 3.63) is 56.1 Å². The summed E-state index contributed by atoms with van der Waals surface area (Å²) in [4.78, 5) is 31.6. The highest BCUT2D eigenvalue weighted by molar-refractivity contribution is 7.18. The standard InChI is InChI=1S/C16H15N3O2S2/c1-9-4-6-12(22-9)14-10(2)23-16(17-14)18-15(21)11-5-7-13(20)19(3)8-11/h4-8H,1-3H3,(H,17,18,21). The number of nitrogens with zero attached hydrogens (tertiary/aromatic N) is 2. The number of thiophene rings is 1.